The highest BCUT2D eigenvalue weighted by molar-refractivity contribution is 7.07. The van der Waals surface area contributed by atoms with Crippen molar-refractivity contribution in [2.75, 3.05) is 13.7 Å². The number of hydrogen-bond donors (Lipinski definition) is 0. The van der Waals surface area contributed by atoms with Crippen LogP contribution in [0.2, 0.25) is 0 Å². The molecular weight excluding hydrogens is 544 g/mol. The van der Waals surface area contributed by atoms with Crippen molar-refractivity contribution in [2.24, 2.45) is 4.99 Å². The molecule has 6 nitrogen and oxygen atoms in total. The number of aryl methyl sites for hydroxylation is 1. The summed E-state index contributed by atoms with van der Waals surface area (Å²) in [4.78, 5) is 33.4. The summed E-state index contributed by atoms with van der Waals surface area (Å²) in [7, 11) is 1.66. The van der Waals surface area contributed by atoms with E-state index in [4.69, 9.17) is 14.5 Å². The molecule has 1 atom stereocenters. The van der Waals surface area contributed by atoms with E-state index in [1.54, 1.807) is 18.6 Å². The first-order valence-electron chi connectivity index (χ1n) is 14.0. The van der Waals surface area contributed by atoms with Crippen LogP contribution in [0.15, 0.2) is 94.2 Å². The zero-order chi connectivity index (χ0) is 29.8. The number of carbonyl (C=O) groups is 1. The molecule has 0 N–H and O–H groups in total. The number of rotatable bonds is 8. The van der Waals surface area contributed by atoms with E-state index < -0.39 is 12.0 Å². The largest absolute Gasteiger partial charge is 0.496 e. The second-order valence-corrected chi connectivity index (χ2v) is 11.3. The van der Waals surface area contributed by atoms with Crippen molar-refractivity contribution in [3.63, 3.8) is 0 Å². The Bertz CT molecular complexity index is 1850. The fourth-order valence-electron chi connectivity index (χ4n) is 5.20. The number of esters is 1. The molecule has 2 heterocycles. The van der Waals surface area contributed by atoms with Gasteiger partial charge in [0.25, 0.3) is 5.56 Å². The molecule has 0 bridgehead atoms. The van der Waals surface area contributed by atoms with Gasteiger partial charge < -0.3 is 9.47 Å². The minimum Gasteiger partial charge on any atom is -0.496 e. The summed E-state index contributed by atoms with van der Waals surface area (Å²) in [6, 6.07) is 22.8. The average molecular weight is 579 g/mol. The van der Waals surface area contributed by atoms with Crippen LogP contribution < -0.4 is 19.6 Å². The molecular formula is C35H34N2O4S. The SMILES string of the molecule is CCOC(=O)C1=C(c2ccccc2)N=c2sc(=CC=Cc3ccccc3)c(=O)n2C1c1cc(C(C)C)c(OC)cc1C. The molecule has 0 fully saturated rings. The first-order valence-corrected chi connectivity index (χ1v) is 14.8. The number of carbonyl (C=O) groups excluding carboxylic acids is 1. The van der Waals surface area contributed by atoms with E-state index in [1.807, 2.05) is 91.9 Å². The summed E-state index contributed by atoms with van der Waals surface area (Å²) in [6.07, 6.45) is 5.64. The second kappa shape index (κ2) is 12.6. The molecule has 42 heavy (non-hydrogen) atoms. The number of aromatic nitrogens is 1. The Balaban J connectivity index is 1.82. The molecule has 0 saturated carbocycles. The first-order chi connectivity index (χ1) is 20.3. The predicted molar refractivity (Wildman–Crippen MR) is 169 cm³/mol. The van der Waals surface area contributed by atoms with Gasteiger partial charge in [0.15, 0.2) is 4.80 Å². The second-order valence-electron chi connectivity index (χ2n) is 10.3. The number of fused-ring (bicyclic) bond motifs is 1. The highest BCUT2D eigenvalue weighted by atomic mass is 32.1. The number of thiazole rings is 1. The van der Waals surface area contributed by atoms with Crippen LogP contribution in [0.1, 0.15) is 60.5 Å². The lowest BCUT2D eigenvalue weighted by atomic mass is 9.87. The van der Waals surface area contributed by atoms with Crippen molar-refractivity contribution in [3.8, 4) is 5.75 Å². The third-order valence-corrected chi connectivity index (χ3v) is 8.25. The van der Waals surface area contributed by atoms with Gasteiger partial charge in [-0.3, -0.25) is 9.36 Å². The Kier molecular flexibility index (Phi) is 8.69. The minimum atomic E-state index is -0.737. The van der Waals surface area contributed by atoms with Crippen molar-refractivity contribution in [3.05, 3.63) is 132 Å². The smallest absolute Gasteiger partial charge is 0.338 e. The highest BCUT2D eigenvalue weighted by Gasteiger charge is 2.36. The number of hydrogen-bond acceptors (Lipinski definition) is 6. The summed E-state index contributed by atoms with van der Waals surface area (Å²) in [6.45, 7) is 8.15. The van der Waals surface area contributed by atoms with Crippen molar-refractivity contribution < 1.29 is 14.3 Å². The Morgan fingerprint density at radius 1 is 1.07 bits per heavy atom. The summed E-state index contributed by atoms with van der Waals surface area (Å²) < 4.78 is 13.5. The number of nitrogens with zero attached hydrogens (tertiary/aromatic N) is 2. The monoisotopic (exact) mass is 578 g/mol. The maximum absolute atomic E-state index is 14.1. The molecule has 4 aromatic rings. The maximum atomic E-state index is 14.1. The fourth-order valence-corrected chi connectivity index (χ4v) is 6.15. The number of ether oxygens (including phenoxy) is 2. The zero-order valence-corrected chi connectivity index (χ0v) is 25.3. The van der Waals surface area contributed by atoms with Gasteiger partial charge in [0.1, 0.15) is 5.75 Å². The van der Waals surface area contributed by atoms with Gasteiger partial charge in [-0.05, 0) is 60.2 Å². The molecule has 0 radical (unpaired) electrons. The van der Waals surface area contributed by atoms with Crippen LogP contribution in [0.5, 0.6) is 5.75 Å². The van der Waals surface area contributed by atoms with Crippen LogP contribution in [0.25, 0.3) is 17.8 Å². The van der Waals surface area contributed by atoms with Gasteiger partial charge in [0.2, 0.25) is 0 Å². The molecule has 1 aliphatic heterocycles. The molecule has 1 unspecified atom stereocenters. The van der Waals surface area contributed by atoms with Crippen molar-refractivity contribution in [1.82, 2.24) is 4.57 Å². The van der Waals surface area contributed by atoms with Gasteiger partial charge in [-0.2, -0.15) is 0 Å². The van der Waals surface area contributed by atoms with E-state index in [1.165, 1.54) is 11.3 Å². The molecule has 214 valence electrons. The molecule has 0 spiro atoms. The highest BCUT2D eigenvalue weighted by Crippen LogP contribution is 2.39. The molecule has 5 rings (SSSR count). The lowest BCUT2D eigenvalue weighted by Crippen LogP contribution is -2.40. The van der Waals surface area contributed by atoms with Crippen molar-refractivity contribution >= 4 is 35.2 Å². The number of benzene rings is 3. The van der Waals surface area contributed by atoms with Crippen LogP contribution >= 0.6 is 11.3 Å². The van der Waals surface area contributed by atoms with E-state index in [2.05, 4.69) is 19.9 Å². The van der Waals surface area contributed by atoms with Gasteiger partial charge in [0.05, 0.1) is 35.6 Å². The van der Waals surface area contributed by atoms with E-state index in [9.17, 15) is 9.59 Å². The van der Waals surface area contributed by atoms with Crippen LogP contribution in [-0.4, -0.2) is 24.3 Å². The van der Waals surface area contributed by atoms with E-state index in [0.717, 1.165) is 33.6 Å². The fraction of sp³-hybridized carbons (Fsp3) is 0.229. The van der Waals surface area contributed by atoms with Gasteiger partial charge >= 0.3 is 5.97 Å². The first kappa shape index (κ1) is 29.0. The Hall–Kier alpha value is -4.49. The van der Waals surface area contributed by atoms with E-state index in [0.29, 0.717) is 20.6 Å². The van der Waals surface area contributed by atoms with Crippen molar-refractivity contribution in [1.29, 1.82) is 0 Å². The van der Waals surface area contributed by atoms with Gasteiger partial charge in [-0.25, -0.2) is 9.79 Å². The van der Waals surface area contributed by atoms with Crippen LogP contribution in [0.4, 0.5) is 0 Å². The molecule has 0 aliphatic carbocycles. The third-order valence-electron chi connectivity index (χ3n) is 7.24. The quantitative estimate of drug-likeness (QED) is 0.239. The summed E-state index contributed by atoms with van der Waals surface area (Å²) >= 11 is 1.31. The zero-order valence-electron chi connectivity index (χ0n) is 24.5. The number of methoxy groups -OCH3 is 1. The predicted octanol–water partition coefficient (Wildman–Crippen LogP) is 6.04. The van der Waals surface area contributed by atoms with Crippen LogP contribution in [-0.2, 0) is 9.53 Å². The number of allylic oxidation sites excluding steroid dienone is 1. The summed E-state index contributed by atoms with van der Waals surface area (Å²) in [5, 5.41) is 0. The molecule has 0 amide bonds. The molecule has 1 aliphatic rings. The summed E-state index contributed by atoms with van der Waals surface area (Å²) in [5.41, 5.74) is 5.17. The summed E-state index contributed by atoms with van der Waals surface area (Å²) in [5.74, 6) is 0.432. The van der Waals surface area contributed by atoms with Crippen LogP contribution in [0, 0.1) is 6.92 Å². The standard InChI is InChI=1S/C35H34N2O4S/c1-6-41-34(39)30-31(25-17-11-8-12-18-25)36-35-37(32(30)27-21-26(22(2)3)28(40-5)20-23(27)4)33(38)29(42-35)19-13-16-24-14-9-7-10-15-24/h7-22,32H,6H2,1-5H3. The lowest BCUT2D eigenvalue weighted by molar-refractivity contribution is -0.138. The normalized spacial score (nSPS) is 15.2. The Morgan fingerprint density at radius 2 is 1.76 bits per heavy atom. The maximum Gasteiger partial charge on any atom is 0.338 e. The Morgan fingerprint density at radius 3 is 2.40 bits per heavy atom. The van der Waals surface area contributed by atoms with E-state index >= 15 is 0 Å². The van der Waals surface area contributed by atoms with E-state index in [-0.39, 0.29) is 18.1 Å². The molecule has 7 heteroatoms. The van der Waals surface area contributed by atoms with Crippen LogP contribution in [0.3, 0.4) is 0 Å². The van der Waals surface area contributed by atoms with Crippen molar-refractivity contribution in [2.45, 2.75) is 39.7 Å². The molecule has 1 aromatic heterocycles. The van der Waals surface area contributed by atoms with Gasteiger partial charge in [-0.15, -0.1) is 0 Å². The topological polar surface area (TPSA) is 69.9 Å². The average Bonchev–Trinajstić information content (AvgIpc) is 3.31. The van der Waals surface area contributed by atoms with Gasteiger partial charge in [0, 0.05) is 5.56 Å². The van der Waals surface area contributed by atoms with Gasteiger partial charge in [-0.1, -0.05) is 98.0 Å². The molecule has 3 aromatic carbocycles. The Labute approximate surface area is 249 Å². The third kappa shape index (κ3) is 5.65. The lowest BCUT2D eigenvalue weighted by Gasteiger charge is -2.28. The molecule has 0 saturated heterocycles. The minimum absolute atomic E-state index is 0.155.